The summed E-state index contributed by atoms with van der Waals surface area (Å²) < 4.78 is 33.7. The average molecular weight is 547 g/mol. The van der Waals surface area contributed by atoms with Gasteiger partial charge in [0.25, 0.3) is 0 Å². The Morgan fingerprint density at radius 1 is 0.778 bits per heavy atom. The molecule has 0 fully saturated rings. The third-order valence-electron chi connectivity index (χ3n) is 3.96. The number of allylic oxidation sites excluding steroid dienone is 1. The molecule has 3 aromatic rings. The molecule has 0 saturated carbocycles. The SMILES string of the molecule is C=C(C)C(=O)Cl.C=C(C)C(=O)OCS(=O)(=O)[O-].c1ccc([S+](c2ccccc2)c2ccccc2)cc1. The predicted molar refractivity (Wildman–Crippen MR) is 143 cm³/mol. The maximum atomic E-state index is 10.5. The van der Waals surface area contributed by atoms with Gasteiger partial charge in [-0.2, -0.15) is 0 Å². The predicted octanol–water partition coefficient (Wildman–Crippen LogP) is 5.72. The first-order valence-corrected chi connectivity index (χ1v) is 13.6. The topological polar surface area (TPSA) is 101 Å². The standard InChI is InChI=1S/C18H15S.C5H8O5S.C4H5ClO/c1-4-10-16(11-5-1)19(17-12-6-2-7-13-17)18-14-8-3-9-15-18;1-4(2)5(6)10-3-11(7,8)9;1-3(2)4(5)6/h1-15H;1,3H2,2H3,(H,7,8,9);1H2,2H3/q+1;;/p-1. The normalized spacial score (nSPS) is 10.1. The highest BCUT2D eigenvalue weighted by molar-refractivity contribution is 7.97. The van der Waals surface area contributed by atoms with Crippen LogP contribution in [0.2, 0.25) is 0 Å². The van der Waals surface area contributed by atoms with Crippen molar-refractivity contribution in [3.63, 3.8) is 0 Å². The zero-order chi connectivity index (χ0) is 27.1. The van der Waals surface area contributed by atoms with Crippen LogP contribution in [0, 0.1) is 0 Å². The number of esters is 1. The minimum atomic E-state index is -4.49. The molecular weight excluding hydrogens is 520 g/mol. The smallest absolute Gasteiger partial charge is 0.334 e. The van der Waals surface area contributed by atoms with E-state index < -0.39 is 27.3 Å². The van der Waals surface area contributed by atoms with Gasteiger partial charge < -0.3 is 9.29 Å². The number of benzene rings is 3. The minimum absolute atomic E-state index is 0.0146. The van der Waals surface area contributed by atoms with Crippen LogP contribution in [-0.4, -0.2) is 30.1 Å². The van der Waals surface area contributed by atoms with Gasteiger partial charge in [0.2, 0.25) is 5.24 Å². The third kappa shape index (κ3) is 12.5. The fourth-order valence-corrected chi connectivity index (χ4v) is 4.68. The lowest BCUT2D eigenvalue weighted by atomic mass is 10.4. The number of hydrogen-bond donors (Lipinski definition) is 0. The molecule has 0 N–H and O–H groups in total. The summed E-state index contributed by atoms with van der Waals surface area (Å²) in [5.41, 5.74) is 0.435. The van der Waals surface area contributed by atoms with Crippen molar-refractivity contribution in [3.05, 3.63) is 115 Å². The molecule has 0 spiro atoms. The van der Waals surface area contributed by atoms with Crippen molar-refractivity contribution >= 4 is 43.8 Å². The molecule has 0 aliphatic heterocycles. The van der Waals surface area contributed by atoms with E-state index in [0.29, 0.717) is 5.57 Å². The largest absolute Gasteiger partial charge is 0.745 e. The van der Waals surface area contributed by atoms with E-state index in [4.69, 9.17) is 11.6 Å². The summed E-state index contributed by atoms with van der Waals surface area (Å²) in [6.07, 6.45) is 0. The molecular formula is C27H27ClO6S2. The molecule has 190 valence electrons. The highest BCUT2D eigenvalue weighted by atomic mass is 35.5. The van der Waals surface area contributed by atoms with E-state index in [1.807, 2.05) is 0 Å². The number of rotatable bonds is 7. The van der Waals surface area contributed by atoms with Crippen molar-refractivity contribution in [3.8, 4) is 0 Å². The second-order valence-electron chi connectivity index (χ2n) is 7.19. The molecule has 0 aliphatic carbocycles. The maximum Gasteiger partial charge on any atom is 0.334 e. The Bertz CT molecular complexity index is 1140. The molecule has 0 aromatic heterocycles. The molecule has 9 heteroatoms. The zero-order valence-corrected chi connectivity index (χ0v) is 22.3. The molecule has 0 heterocycles. The van der Waals surface area contributed by atoms with Crippen molar-refractivity contribution in [1.29, 1.82) is 0 Å². The van der Waals surface area contributed by atoms with Gasteiger partial charge in [0.1, 0.15) is 10.1 Å². The number of halogens is 1. The lowest BCUT2D eigenvalue weighted by Gasteiger charge is -2.07. The van der Waals surface area contributed by atoms with Crippen LogP contribution in [-0.2, 0) is 35.3 Å². The number of carbonyl (C=O) groups is 2. The fourth-order valence-electron chi connectivity index (χ4n) is 2.33. The third-order valence-corrected chi connectivity index (χ3v) is 6.91. The molecule has 0 unspecified atom stereocenters. The van der Waals surface area contributed by atoms with E-state index in [1.165, 1.54) is 21.6 Å². The zero-order valence-electron chi connectivity index (χ0n) is 19.9. The van der Waals surface area contributed by atoms with Crippen molar-refractivity contribution in [2.24, 2.45) is 0 Å². The molecule has 0 aliphatic rings. The van der Waals surface area contributed by atoms with Gasteiger partial charge in [0.05, 0.1) is 10.9 Å². The maximum absolute atomic E-state index is 10.5. The van der Waals surface area contributed by atoms with E-state index in [0.717, 1.165) is 0 Å². The number of hydrogen-bond acceptors (Lipinski definition) is 6. The van der Waals surface area contributed by atoms with Gasteiger partial charge in [0, 0.05) is 11.1 Å². The Hall–Kier alpha value is -3.17. The van der Waals surface area contributed by atoms with Gasteiger partial charge in [-0.15, -0.1) is 0 Å². The monoisotopic (exact) mass is 546 g/mol. The summed E-state index contributed by atoms with van der Waals surface area (Å²) >= 11 is 4.87. The lowest BCUT2D eigenvalue weighted by Crippen LogP contribution is -2.13. The molecule has 0 saturated heterocycles. The fraction of sp³-hybridized carbons (Fsp3) is 0.111. The van der Waals surface area contributed by atoms with Gasteiger partial charge in [-0.25, -0.2) is 13.2 Å². The van der Waals surface area contributed by atoms with Gasteiger partial charge in [-0.1, -0.05) is 67.8 Å². The number of ether oxygens (including phenoxy) is 1. The Balaban J connectivity index is 0.000000324. The van der Waals surface area contributed by atoms with Crippen LogP contribution in [0.4, 0.5) is 0 Å². The van der Waals surface area contributed by atoms with Crippen LogP contribution < -0.4 is 0 Å². The summed E-state index contributed by atoms with van der Waals surface area (Å²) in [4.78, 5) is 24.4. The highest BCUT2D eigenvalue weighted by Crippen LogP contribution is 2.30. The Morgan fingerprint density at radius 2 is 1.08 bits per heavy atom. The minimum Gasteiger partial charge on any atom is -0.745 e. The van der Waals surface area contributed by atoms with Gasteiger partial charge >= 0.3 is 5.97 Å². The average Bonchev–Trinajstić information content (AvgIpc) is 2.85. The van der Waals surface area contributed by atoms with Gasteiger partial charge in [0.15, 0.2) is 20.6 Å². The van der Waals surface area contributed by atoms with Crippen LogP contribution in [0.25, 0.3) is 0 Å². The van der Waals surface area contributed by atoms with Gasteiger partial charge in [-0.3, -0.25) is 4.79 Å². The van der Waals surface area contributed by atoms with E-state index in [2.05, 4.69) is 109 Å². The van der Waals surface area contributed by atoms with Crippen molar-refractivity contribution in [1.82, 2.24) is 0 Å². The highest BCUT2D eigenvalue weighted by Gasteiger charge is 2.27. The van der Waals surface area contributed by atoms with E-state index >= 15 is 0 Å². The molecule has 3 aromatic carbocycles. The van der Waals surface area contributed by atoms with Crippen LogP contribution in [0.5, 0.6) is 0 Å². The van der Waals surface area contributed by atoms with Crippen molar-refractivity contribution < 1.29 is 27.3 Å². The second kappa shape index (κ2) is 15.7. The van der Waals surface area contributed by atoms with Crippen LogP contribution in [0.3, 0.4) is 0 Å². The van der Waals surface area contributed by atoms with Crippen molar-refractivity contribution in [2.45, 2.75) is 28.5 Å². The van der Waals surface area contributed by atoms with Crippen LogP contribution in [0.15, 0.2) is 130 Å². The van der Waals surface area contributed by atoms with E-state index in [9.17, 15) is 22.6 Å². The molecule has 3 rings (SSSR count). The second-order valence-corrected chi connectivity index (χ2v) is 10.9. The first-order valence-electron chi connectivity index (χ1n) is 10.4. The summed E-state index contributed by atoms with van der Waals surface area (Å²) in [6, 6.07) is 32.2. The molecule has 0 bridgehead atoms. The quantitative estimate of drug-likeness (QED) is 0.123. The first-order chi connectivity index (χ1) is 16.9. The van der Waals surface area contributed by atoms with Crippen LogP contribution >= 0.6 is 11.6 Å². The lowest BCUT2D eigenvalue weighted by molar-refractivity contribution is -0.137. The molecule has 6 nitrogen and oxygen atoms in total. The van der Waals surface area contributed by atoms with E-state index in [1.54, 1.807) is 6.92 Å². The van der Waals surface area contributed by atoms with Crippen molar-refractivity contribution in [2.75, 3.05) is 5.94 Å². The first kappa shape index (κ1) is 30.9. The van der Waals surface area contributed by atoms with E-state index in [-0.39, 0.29) is 16.5 Å². The Labute approximate surface area is 220 Å². The molecule has 0 amide bonds. The molecule has 0 atom stereocenters. The summed E-state index contributed by atoms with van der Waals surface area (Å²) in [5, 5.41) is -0.463. The summed E-state index contributed by atoms with van der Waals surface area (Å²) in [7, 11) is -4.50. The molecule has 36 heavy (non-hydrogen) atoms. The van der Waals surface area contributed by atoms with Crippen LogP contribution in [0.1, 0.15) is 13.8 Å². The Kier molecular flexibility index (Phi) is 13.5. The summed E-state index contributed by atoms with van der Waals surface area (Å²) in [6.45, 7) is 9.37. The number of carbonyl (C=O) groups excluding carboxylic acids is 2. The molecule has 0 radical (unpaired) electrons. The summed E-state index contributed by atoms with van der Waals surface area (Å²) in [5.74, 6) is -2.02. The van der Waals surface area contributed by atoms with Gasteiger partial charge in [-0.05, 0) is 61.8 Å². The Morgan fingerprint density at radius 3 is 1.31 bits per heavy atom.